The molecule has 0 unspecified atom stereocenters. The SMILES string of the molecule is CCCN(CC#N)S(=O)(=O)c1ccc(Cl)c(Cl)c1. The molecule has 0 bridgehead atoms. The summed E-state index contributed by atoms with van der Waals surface area (Å²) in [6.45, 7) is 1.95. The van der Waals surface area contributed by atoms with Crippen LogP contribution < -0.4 is 0 Å². The Bertz CT molecular complexity index is 567. The molecule has 0 atom stereocenters. The Hall–Kier alpha value is -0.800. The van der Waals surface area contributed by atoms with Gasteiger partial charge in [-0.05, 0) is 24.6 Å². The minimum absolute atomic E-state index is 0.0422. The van der Waals surface area contributed by atoms with E-state index in [-0.39, 0.29) is 28.0 Å². The first-order valence-corrected chi connectivity index (χ1v) is 7.45. The standard InChI is InChI=1S/C11H12Cl2N2O2S/c1-2-6-15(7-5-14)18(16,17)9-3-4-10(12)11(13)8-9/h3-4,8H,2,6-7H2,1H3. The van der Waals surface area contributed by atoms with Crippen LogP contribution in [0.5, 0.6) is 0 Å². The van der Waals surface area contributed by atoms with Crippen LogP contribution in [-0.4, -0.2) is 25.8 Å². The lowest BCUT2D eigenvalue weighted by Crippen LogP contribution is -2.32. The number of sulfonamides is 1. The highest BCUT2D eigenvalue weighted by Crippen LogP contribution is 2.26. The van der Waals surface area contributed by atoms with Crippen LogP contribution in [0, 0.1) is 11.3 Å². The summed E-state index contributed by atoms with van der Waals surface area (Å²) in [7, 11) is -3.70. The maximum absolute atomic E-state index is 12.2. The van der Waals surface area contributed by atoms with Gasteiger partial charge in [-0.3, -0.25) is 0 Å². The van der Waals surface area contributed by atoms with Gasteiger partial charge < -0.3 is 0 Å². The first-order valence-electron chi connectivity index (χ1n) is 5.25. The number of halogens is 2. The van der Waals surface area contributed by atoms with E-state index in [2.05, 4.69) is 0 Å². The van der Waals surface area contributed by atoms with Crippen molar-refractivity contribution in [3.05, 3.63) is 28.2 Å². The second-order valence-corrected chi connectivity index (χ2v) is 6.32. The molecule has 0 radical (unpaired) electrons. The van der Waals surface area contributed by atoms with E-state index in [1.54, 1.807) is 0 Å². The van der Waals surface area contributed by atoms with Gasteiger partial charge in [0, 0.05) is 6.54 Å². The minimum atomic E-state index is -3.70. The van der Waals surface area contributed by atoms with Crippen molar-refractivity contribution in [3.63, 3.8) is 0 Å². The number of rotatable bonds is 5. The largest absolute Gasteiger partial charge is 0.244 e. The molecule has 4 nitrogen and oxygen atoms in total. The lowest BCUT2D eigenvalue weighted by Gasteiger charge is -2.18. The molecule has 0 aliphatic heterocycles. The molecule has 0 aliphatic carbocycles. The van der Waals surface area contributed by atoms with E-state index < -0.39 is 10.0 Å². The Balaban J connectivity index is 3.18. The van der Waals surface area contributed by atoms with Gasteiger partial charge in [0.2, 0.25) is 10.0 Å². The summed E-state index contributed by atoms with van der Waals surface area (Å²) in [5.41, 5.74) is 0. The predicted molar refractivity (Wildman–Crippen MR) is 71.1 cm³/mol. The van der Waals surface area contributed by atoms with Crippen molar-refractivity contribution in [1.82, 2.24) is 4.31 Å². The lowest BCUT2D eigenvalue weighted by atomic mass is 10.4. The summed E-state index contributed by atoms with van der Waals surface area (Å²) in [5.74, 6) is 0. The van der Waals surface area contributed by atoms with E-state index >= 15 is 0 Å². The summed E-state index contributed by atoms with van der Waals surface area (Å²) < 4.78 is 25.6. The zero-order chi connectivity index (χ0) is 13.8. The third-order valence-electron chi connectivity index (χ3n) is 2.25. The molecule has 1 aromatic carbocycles. The average Bonchev–Trinajstić information content (AvgIpc) is 2.32. The van der Waals surface area contributed by atoms with E-state index in [1.165, 1.54) is 18.2 Å². The first-order chi connectivity index (χ1) is 8.43. The molecule has 0 saturated heterocycles. The molecular weight excluding hydrogens is 295 g/mol. The summed E-state index contributed by atoms with van der Waals surface area (Å²) in [6, 6.07) is 5.94. The van der Waals surface area contributed by atoms with Crippen molar-refractivity contribution in [2.45, 2.75) is 18.2 Å². The van der Waals surface area contributed by atoms with Gasteiger partial charge in [0.25, 0.3) is 0 Å². The van der Waals surface area contributed by atoms with E-state index in [0.29, 0.717) is 6.42 Å². The molecule has 1 aromatic rings. The lowest BCUT2D eigenvalue weighted by molar-refractivity contribution is 0.444. The smallest absolute Gasteiger partial charge is 0.207 e. The number of nitriles is 1. The number of hydrogen-bond donors (Lipinski definition) is 0. The fourth-order valence-corrected chi connectivity index (χ4v) is 3.22. The quantitative estimate of drug-likeness (QED) is 0.786. The molecule has 0 spiro atoms. The highest BCUT2D eigenvalue weighted by atomic mass is 35.5. The van der Waals surface area contributed by atoms with Crippen LogP contribution in [0.1, 0.15) is 13.3 Å². The van der Waals surface area contributed by atoms with E-state index in [0.717, 1.165) is 4.31 Å². The van der Waals surface area contributed by atoms with Crippen LogP contribution in [0.15, 0.2) is 23.1 Å². The third kappa shape index (κ3) is 3.36. The second kappa shape index (κ2) is 6.39. The van der Waals surface area contributed by atoms with E-state index in [9.17, 15) is 8.42 Å². The molecule has 0 saturated carbocycles. The Morgan fingerprint density at radius 1 is 1.33 bits per heavy atom. The minimum Gasteiger partial charge on any atom is -0.207 e. The maximum Gasteiger partial charge on any atom is 0.244 e. The summed E-state index contributed by atoms with van der Waals surface area (Å²) in [6.07, 6.45) is 0.627. The van der Waals surface area contributed by atoms with E-state index in [1.807, 2.05) is 13.0 Å². The molecular formula is C11H12Cl2N2O2S. The highest BCUT2D eigenvalue weighted by molar-refractivity contribution is 7.89. The van der Waals surface area contributed by atoms with Crippen LogP contribution in [0.2, 0.25) is 10.0 Å². The van der Waals surface area contributed by atoms with Gasteiger partial charge in [-0.25, -0.2) is 8.42 Å². The monoisotopic (exact) mass is 306 g/mol. The van der Waals surface area contributed by atoms with Gasteiger partial charge in [0.1, 0.15) is 6.54 Å². The average molecular weight is 307 g/mol. The van der Waals surface area contributed by atoms with Crippen LogP contribution in [0.4, 0.5) is 0 Å². The number of nitrogens with zero attached hydrogens (tertiary/aromatic N) is 2. The van der Waals surface area contributed by atoms with Gasteiger partial charge in [0.05, 0.1) is 21.0 Å². The van der Waals surface area contributed by atoms with Crippen LogP contribution >= 0.6 is 23.2 Å². The molecule has 98 valence electrons. The Labute approximate surface area is 117 Å². The molecule has 0 amide bonds. The van der Waals surface area contributed by atoms with Crippen LogP contribution in [-0.2, 0) is 10.0 Å². The molecule has 0 fully saturated rings. The molecule has 0 aromatic heterocycles. The fraction of sp³-hybridized carbons (Fsp3) is 0.364. The number of benzene rings is 1. The van der Waals surface area contributed by atoms with Gasteiger partial charge in [-0.1, -0.05) is 30.1 Å². The summed E-state index contributed by atoms with van der Waals surface area (Å²) >= 11 is 11.5. The molecule has 0 heterocycles. The third-order valence-corrected chi connectivity index (χ3v) is 4.83. The molecule has 7 heteroatoms. The summed E-state index contributed by atoms with van der Waals surface area (Å²) in [5, 5.41) is 9.13. The summed E-state index contributed by atoms with van der Waals surface area (Å²) in [4.78, 5) is 0.0422. The second-order valence-electron chi connectivity index (χ2n) is 3.57. The van der Waals surface area contributed by atoms with E-state index in [4.69, 9.17) is 28.5 Å². The molecule has 0 aliphatic rings. The first kappa shape index (κ1) is 15.3. The molecule has 18 heavy (non-hydrogen) atoms. The van der Waals surface area contributed by atoms with Crippen LogP contribution in [0.25, 0.3) is 0 Å². The van der Waals surface area contributed by atoms with Gasteiger partial charge in [0.15, 0.2) is 0 Å². The Morgan fingerprint density at radius 3 is 2.50 bits per heavy atom. The van der Waals surface area contributed by atoms with Crippen LogP contribution in [0.3, 0.4) is 0 Å². The predicted octanol–water partition coefficient (Wildman–Crippen LogP) is 2.92. The van der Waals surface area contributed by atoms with Gasteiger partial charge >= 0.3 is 0 Å². The van der Waals surface area contributed by atoms with Gasteiger partial charge in [-0.2, -0.15) is 9.57 Å². The highest BCUT2D eigenvalue weighted by Gasteiger charge is 2.24. The topological polar surface area (TPSA) is 61.2 Å². The van der Waals surface area contributed by atoms with Crippen molar-refractivity contribution in [2.24, 2.45) is 0 Å². The zero-order valence-corrected chi connectivity index (χ0v) is 12.1. The van der Waals surface area contributed by atoms with Gasteiger partial charge in [-0.15, -0.1) is 0 Å². The van der Waals surface area contributed by atoms with Crippen molar-refractivity contribution in [2.75, 3.05) is 13.1 Å². The maximum atomic E-state index is 12.2. The Kier molecular flexibility index (Phi) is 5.42. The normalized spacial score (nSPS) is 11.5. The van der Waals surface area contributed by atoms with Crippen molar-refractivity contribution < 1.29 is 8.42 Å². The van der Waals surface area contributed by atoms with Crippen molar-refractivity contribution in [3.8, 4) is 6.07 Å². The zero-order valence-electron chi connectivity index (χ0n) is 9.73. The van der Waals surface area contributed by atoms with Crippen molar-refractivity contribution in [1.29, 1.82) is 5.26 Å². The fourth-order valence-electron chi connectivity index (χ4n) is 1.40. The molecule has 1 rings (SSSR count). The van der Waals surface area contributed by atoms with Crippen molar-refractivity contribution >= 4 is 33.2 Å². The number of hydrogen-bond acceptors (Lipinski definition) is 3. The molecule has 0 N–H and O–H groups in total. The Morgan fingerprint density at radius 2 is 2.00 bits per heavy atom.